The van der Waals surface area contributed by atoms with Gasteiger partial charge >= 0.3 is 0 Å². The lowest BCUT2D eigenvalue weighted by Crippen LogP contribution is -2.59. The van der Waals surface area contributed by atoms with Crippen molar-refractivity contribution in [1.82, 2.24) is 20.8 Å². The number of H-pyrrole nitrogens is 1. The second-order valence-electron chi connectivity index (χ2n) is 5.21. The van der Waals surface area contributed by atoms with Crippen LogP contribution in [0, 0.1) is 0 Å². The SMILES string of the molecule is O=C(NC1CCNC2(CCC2)C1)c1cn[nH]c1. The van der Waals surface area contributed by atoms with Crippen molar-refractivity contribution in [2.24, 2.45) is 0 Å². The van der Waals surface area contributed by atoms with Crippen molar-refractivity contribution >= 4 is 5.91 Å². The molecule has 1 amide bonds. The second-order valence-corrected chi connectivity index (χ2v) is 5.21. The normalized spacial score (nSPS) is 26.5. The molecule has 3 N–H and O–H groups in total. The van der Waals surface area contributed by atoms with E-state index in [9.17, 15) is 4.79 Å². The van der Waals surface area contributed by atoms with Crippen LogP contribution in [-0.2, 0) is 0 Å². The lowest BCUT2D eigenvalue weighted by Gasteiger charge is -2.48. The molecule has 5 nitrogen and oxygen atoms in total. The van der Waals surface area contributed by atoms with Crippen LogP contribution in [0.5, 0.6) is 0 Å². The average Bonchev–Trinajstić information content (AvgIpc) is 2.81. The van der Waals surface area contributed by atoms with Gasteiger partial charge < -0.3 is 10.6 Å². The molecule has 1 unspecified atom stereocenters. The lowest BCUT2D eigenvalue weighted by atomic mass is 9.70. The van der Waals surface area contributed by atoms with E-state index in [0.29, 0.717) is 17.1 Å². The summed E-state index contributed by atoms with van der Waals surface area (Å²) in [6.07, 6.45) is 9.11. The lowest BCUT2D eigenvalue weighted by molar-refractivity contribution is 0.0853. The molecule has 1 atom stereocenters. The van der Waals surface area contributed by atoms with E-state index >= 15 is 0 Å². The van der Waals surface area contributed by atoms with Gasteiger partial charge in [0, 0.05) is 17.8 Å². The molecule has 1 aliphatic heterocycles. The first kappa shape index (κ1) is 10.8. The Morgan fingerprint density at radius 1 is 1.53 bits per heavy atom. The monoisotopic (exact) mass is 234 g/mol. The molecule has 2 fully saturated rings. The van der Waals surface area contributed by atoms with E-state index in [-0.39, 0.29) is 5.91 Å². The van der Waals surface area contributed by atoms with Gasteiger partial charge in [0.05, 0.1) is 11.8 Å². The van der Waals surface area contributed by atoms with Crippen LogP contribution in [0.1, 0.15) is 42.5 Å². The molecule has 1 aromatic heterocycles. The van der Waals surface area contributed by atoms with Gasteiger partial charge in [0.2, 0.25) is 0 Å². The highest BCUT2D eigenvalue weighted by molar-refractivity contribution is 5.93. The maximum Gasteiger partial charge on any atom is 0.254 e. The number of rotatable bonds is 2. The Labute approximate surface area is 100 Å². The van der Waals surface area contributed by atoms with Crippen molar-refractivity contribution < 1.29 is 4.79 Å². The van der Waals surface area contributed by atoms with Gasteiger partial charge in [0.15, 0.2) is 0 Å². The van der Waals surface area contributed by atoms with Crippen molar-refractivity contribution in [2.75, 3.05) is 6.54 Å². The Bertz CT molecular complexity index is 397. The van der Waals surface area contributed by atoms with Gasteiger partial charge in [-0.2, -0.15) is 5.10 Å². The number of nitrogens with zero attached hydrogens (tertiary/aromatic N) is 1. The first-order chi connectivity index (χ1) is 8.27. The Hall–Kier alpha value is -1.36. The Balaban J connectivity index is 1.60. The van der Waals surface area contributed by atoms with Crippen molar-refractivity contribution in [3.8, 4) is 0 Å². The highest BCUT2D eigenvalue weighted by Gasteiger charge is 2.41. The predicted octanol–water partition coefficient (Wildman–Crippen LogP) is 0.814. The molecule has 0 radical (unpaired) electrons. The minimum absolute atomic E-state index is 0.0138. The molecule has 17 heavy (non-hydrogen) atoms. The van der Waals surface area contributed by atoms with E-state index in [4.69, 9.17) is 0 Å². The fraction of sp³-hybridized carbons (Fsp3) is 0.667. The van der Waals surface area contributed by atoms with Crippen LogP contribution in [0.15, 0.2) is 12.4 Å². The zero-order valence-electron chi connectivity index (χ0n) is 9.83. The van der Waals surface area contributed by atoms with Crippen LogP contribution in [-0.4, -0.2) is 34.2 Å². The molecule has 0 bridgehead atoms. The Kier molecular flexibility index (Phi) is 2.63. The summed E-state index contributed by atoms with van der Waals surface area (Å²) in [5.74, 6) is -0.0138. The maximum atomic E-state index is 11.9. The number of hydrogen-bond acceptors (Lipinski definition) is 3. The molecule has 5 heteroatoms. The maximum absolute atomic E-state index is 11.9. The van der Waals surface area contributed by atoms with Gasteiger partial charge in [0.25, 0.3) is 5.91 Å². The largest absolute Gasteiger partial charge is 0.349 e. The topological polar surface area (TPSA) is 69.8 Å². The average molecular weight is 234 g/mol. The molecule has 92 valence electrons. The van der Waals surface area contributed by atoms with E-state index in [1.807, 2.05) is 0 Å². The molecule has 1 aliphatic carbocycles. The van der Waals surface area contributed by atoms with Crippen LogP contribution >= 0.6 is 0 Å². The third-order valence-electron chi connectivity index (χ3n) is 4.04. The van der Waals surface area contributed by atoms with Crippen molar-refractivity contribution in [2.45, 2.75) is 43.7 Å². The summed E-state index contributed by atoms with van der Waals surface area (Å²) in [5, 5.41) is 13.2. The third-order valence-corrected chi connectivity index (χ3v) is 4.04. The van der Waals surface area contributed by atoms with Gasteiger partial charge in [0.1, 0.15) is 0 Å². The highest BCUT2D eigenvalue weighted by atomic mass is 16.1. The molecule has 2 aliphatic rings. The molecule has 0 aromatic carbocycles. The van der Waals surface area contributed by atoms with E-state index in [1.54, 1.807) is 12.4 Å². The number of nitrogens with one attached hydrogen (secondary N) is 3. The first-order valence-corrected chi connectivity index (χ1v) is 6.32. The zero-order valence-corrected chi connectivity index (χ0v) is 9.83. The minimum atomic E-state index is -0.0138. The second kappa shape index (κ2) is 4.14. The van der Waals surface area contributed by atoms with E-state index < -0.39 is 0 Å². The van der Waals surface area contributed by atoms with Crippen LogP contribution in [0.4, 0.5) is 0 Å². The number of carbonyl (C=O) groups is 1. The number of amides is 1. The molecule has 1 saturated heterocycles. The fourth-order valence-corrected chi connectivity index (χ4v) is 2.91. The van der Waals surface area contributed by atoms with E-state index in [0.717, 1.165) is 19.4 Å². The molecular formula is C12H18N4O. The molecule has 2 heterocycles. The van der Waals surface area contributed by atoms with Gasteiger partial charge in [-0.15, -0.1) is 0 Å². The molecule has 1 spiro atoms. The Morgan fingerprint density at radius 3 is 3.06 bits per heavy atom. The molecule has 3 rings (SSSR count). The number of carbonyl (C=O) groups excluding carboxylic acids is 1. The van der Waals surface area contributed by atoms with Crippen LogP contribution in [0.2, 0.25) is 0 Å². The number of aromatic amines is 1. The Morgan fingerprint density at radius 2 is 2.41 bits per heavy atom. The first-order valence-electron chi connectivity index (χ1n) is 6.32. The van der Waals surface area contributed by atoms with Crippen molar-refractivity contribution in [3.05, 3.63) is 18.0 Å². The summed E-state index contributed by atoms with van der Waals surface area (Å²) < 4.78 is 0. The van der Waals surface area contributed by atoms with Crippen LogP contribution in [0.25, 0.3) is 0 Å². The number of hydrogen-bond donors (Lipinski definition) is 3. The summed E-state index contributed by atoms with van der Waals surface area (Å²) in [6, 6.07) is 0.305. The summed E-state index contributed by atoms with van der Waals surface area (Å²) in [4.78, 5) is 11.9. The van der Waals surface area contributed by atoms with E-state index in [2.05, 4.69) is 20.8 Å². The number of aromatic nitrogens is 2. The van der Waals surface area contributed by atoms with Crippen molar-refractivity contribution in [1.29, 1.82) is 0 Å². The summed E-state index contributed by atoms with van der Waals surface area (Å²) in [5.41, 5.74) is 0.943. The molecule has 1 aromatic rings. The van der Waals surface area contributed by atoms with E-state index in [1.165, 1.54) is 19.3 Å². The fourth-order valence-electron chi connectivity index (χ4n) is 2.91. The van der Waals surface area contributed by atoms with Crippen LogP contribution in [0.3, 0.4) is 0 Å². The number of piperidine rings is 1. The third kappa shape index (κ3) is 2.07. The minimum Gasteiger partial charge on any atom is -0.349 e. The summed E-state index contributed by atoms with van der Waals surface area (Å²) in [6.45, 7) is 1.01. The quantitative estimate of drug-likeness (QED) is 0.709. The summed E-state index contributed by atoms with van der Waals surface area (Å²) in [7, 11) is 0. The molecular weight excluding hydrogens is 216 g/mol. The van der Waals surface area contributed by atoms with Crippen molar-refractivity contribution in [3.63, 3.8) is 0 Å². The van der Waals surface area contributed by atoms with Gasteiger partial charge in [-0.05, 0) is 38.6 Å². The highest BCUT2D eigenvalue weighted by Crippen LogP contribution is 2.38. The smallest absolute Gasteiger partial charge is 0.254 e. The zero-order chi connectivity index (χ0) is 11.7. The molecule has 1 saturated carbocycles. The van der Waals surface area contributed by atoms with Crippen LogP contribution < -0.4 is 10.6 Å². The van der Waals surface area contributed by atoms with Gasteiger partial charge in [-0.1, -0.05) is 0 Å². The van der Waals surface area contributed by atoms with Gasteiger partial charge in [-0.3, -0.25) is 9.89 Å². The van der Waals surface area contributed by atoms with Gasteiger partial charge in [-0.25, -0.2) is 0 Å². The standard InChI is InChI=1S/C12H18N4O/c17-11(9-7-14-15-8-9)16-10-2-5-13-12(6-10)3-1-4-12/h7-8,10,13H,1-6H2,(H,14,15)(H,16,17). The predicted molar refractivity (Wildman–Crippen MR) is 63.7 cm³/mol. The summed E-state index contributed by atoms with van der Waals surface area (Å²) >= 11 is 0.